The van der Waals surface area contributed by atoms with Crippen LogP contribution in [0.25, 0.3) is 11.0 Å². The minimum absolute atomic E-state index is 0.372. The first kappa shape index (κ1) is 13.5. The van der Waals surface area contributed by atoms with E-state index in [2.05, 4.69) is 9.97 Å². The number of methoxy groups -OCH3 is 1. The van der Waals surface area contributed by atoms with Crippen LogP contribution in [0.5, 0.6) is 5.75 Å². The Bertz CT molecular complexity index is 814. The molecule has 0 aliphatic carbocycles. The molecule has 0 bridgehead atoms. The average Bonchev–Trinajstić information content (AvgIpc) is 2.87. The molecule has 3 aromatic rings. The van der Waals surface area contributed by atoms with Crippen molar-refractivity contribution in [3.05, 3.63) is 48.3 Å². The molecule has 0 saturated carbocycles. The van der Waals surface area contributed by atoms with Gasteiger partial charge in [0, 0.05) is 11.1 Å². The Kier molecular flexibility index (Phi) is 3.53. The Hall–Kier alpha value is -2.47. The van der Waals surface area contributed by atoms with Crippen molar-refractivity contribution in [1.29, 1.82) is 0 Å². The van der Waals surface area contributed by atoms with Crippen LogP contribution >= 0.6 is 11.8 Å². The number of carbonyl (C=O) groups excluding carboxylic acids is 1. The lowest BCUT2D eigenvalue weighted by atomic mass is 10.3. The second kappa shape index (κ2) is 5.49. The zero-order chi connectivity index (χ0) is 14.8. The standard InChI is InChI=1S/C15H13N3O2S/c1-20-9-4-2-5-10(8-9)21-14-12-11(6-3-7-17-12)18-13(14)15(16)19/h2-8,18H,1H3,(H2,16,19). The first-order valence-corrected chi connectivity index (χ1v) is 7.09. The van der Waals surface area contributed by atoms with E-state index in [0.717, 1.165) is 26.6 Å². The lowest BCUT2D eigenvalue weighted by Crippen LogP contribution is -2.12. The van der Waals surface area contributed by atoms with E-state index in [1.165, 1.54) is 11.8 Å². The molecule has 0 fully saturated rings. The highest BCUT2D eigenvalue weighted by molar-refractivity contribution is 7.99. The van der Waals surface area contributed by atoms with E-state index in [-0.39, 0.29) is 0 Å². The number of nitrogens with zero attached hydrogens (tertiary/aromatic N) is 1. The van der Waals surface area contributed by atoms with Crippen LogP contribution in [0.3, 0.4) is 0 Å². The molecule has 2 heterocycles. The van der Waals surface area contributed by atoms with Crippen molar-refractivity contribution in [2.75, 3.05) is 7.11 Å². The second-order valence-electron chi connectivity index (χ2n) is 4.37. The van der Waals surface area contributed by atoms with Crippen molar-refractivity contribution in [3.8, 4) is 5.75 Å². The Morgan fingerprint density at radius 3 is 2.95 bits per heavy atom. The molecule has 0 aliphatic rings. The van der Waals surface area contributed by atoms with E-state index >= 15 is 0 Å². The molecule has 21 heavy (non-hydrogen) atoms. The van der Waals surface area contributed by atoms with Gasteiger partial charge in [0.1, 0.15) is 17.0 Å². The van der Waals surface area contributed by atoms with E-state index in [1.807, 2.05) is 36.4 Å². The number of nitrogens with one attached hydrogen (secondary N) is 1. The van der Waals surface area contributed by atoms with Gasteiger partial charge in [0.2, 0.25) is 0 Å². The first-order chi connectivity index (χ1) is 10.2. The summed E-state index contributed by atoms with van der Waals surface area (Å²) >= 11 is 1.43. The number of nitrogens with two attached hydrogens (primary N) is 1. The van der Waals surface area contributed by atoms with Crippen molar-refractivity contribution >= 4 is 28.7 Å². The number of aromatic amines is 1. The van der Waals surface area contributed by atoms with Crippen molar-refractivity contribution in [3.63, 3.8) is 0 Å². The van der Waals surface area contributed by atoms with Gasteiger partial charge < -0.3 is 15.5 Å². The van der Waals surface area contributed by atoms with E-state index in [4.69, 9.17) is 10.5 Å². The zero-order valence-corrected chi connectivity index (χ0v) is 12.1. The number of amides is 1. The van der Waals surface area contributed by atoms with Gasteiger partial charge in [-0.25, -0.2) is 0 Å². The molecule has 0 spiro atoms. The monoisotopic (exact) mass is 299 g/mol. The number of hydrogen-bond acceptors (Lipinski definition) is 4. The van der Waals surface area contributed by atoms with Crippen LogP contribution in [0.1, 0.15) is 10.5 Å². The lowest BCUT2D eigenvalue weighted by molar-refractivity contribution is 0.0993. The van der Waals surface area contributed by atoms with E-state index in [0.29, 0.717) is 5.69 Å². The third kappa shape index (κ3) is 2.57. The van der Waals surface area contributed by atoms with Crippen LogP contribution in [0.2, 0.25) is 0 Å². The Balaban J connectivity index is 2.10. The van der Waals surface area contributed by atoms with Gasteiger partial charge in [-0.1, -0.05) is 17.8 Å². The SMILES string of the molecule is COc1cccc(Sc2c(C(N)=O)[nH]c3cccnc23)c1. The van der Waals surface area contributed by atoms with Crippen LogP contribution in [0.4, 0.5) is 0 Å². The number of rotatable bonds is 4. The molecule has 3 N–H and O–H groups in total. The van der Waals surface area contributed by atoms with Gasteiger partial charge in [-0.05, 0) is 30.3 Å². The summed E-state index contributed by atoms with van der Waals surface area (Å²) in [5.74, 6) is 0.256. The fourth-order valence-electron chi connectivity index (χ4n) is 2.05. The van der Waals surface area contributed by atoms with Crippen molar-refractivity contribution in [1.82, 2.24) is 9.97 Å². The quantitative estimate of drug-likeness (QED) is 0.776. The van der Waals surface area contributed by atoms with E-state index in [1.54, 1.807) is 13.3 Å². The van der Waals surface area contributed by atoms with Gasteiger partial charge in [0.15, 0.2) is 0 Å². The lowest BCUT2D eigenvalue weighted by Gasteiger charge is -2.04. The van der Waals surface area contributed by atoms with Gasteiger partial charge in [-0.15, -0.1) is 0 Å². The van der Waals surface area contributed by atoms with Gasteiger partial charge >= 0.3 is 0 Å². The predicted molar refractivity (Wildman–Crippen MR) is 81.7 cm³/mol. The normalized spacial score (nSPS) is 10.7. The molecule has 0 atom stereocenters. The molecule has 0 aliphatic heterocycles. The number of H-pyrrole nitrogens is 1. The molecular formula is C15H13N3O2S. The number of fused-ring (bicyclic) bond motifs is 1. The van der Waals surface area contributed by atoms with Gasteiger partial charge in [-0.2, -0.15) is 0 Å². The molecule has 6 heteroatoms. The third-order valence-electron chi connectivity index (χ3n) is 3.02. The maximum Gasteiger partial charge on any atom is 0.266 e. The van der Waals surface area contributed by atoms with Crippen LogP contribution in [0.15, 0.2) is 52.4 Å². The number of benzene rings is 1. The second-order valence-corrected chi connectivity index (χ2v) is 5.46. The minimum atomic E-state index is -0.501. The molecule has 3 rings (SSSR count). The minimum Gasteiger partial charge on any atom is -0.497 e. The van der Waals surface area contributed by atoms with Crippen LogP contribution in [0, 0.1) is 0 Å². The van der Waals surface area contributed by atoms with Crippen molar-refractivity contribution in [2.45, 2.75) is 9.79 Å². The summed E-state index contributed by atoms with van der Waals surface area (Å²) in [7, 11) is 1.62. The number of primary amides is 1. The fourth-order valence-corrected chi connectivity index (χ4v) is 3.12. The molecule has 106 valence electrons. The number of aromatic nitrogens is 2. The average molecular weight is 299 g/mol. The molecule has 1 aromatic carbocycles. The predicted octanol–water partition coefficient (Wildman–Crippen LogP) is 2.82. The van der Waals surface area contributed by atoms with Crippen LogP contribution < -0.4 is 10.5 Å². The first-order valence-electron chi connectivity index (χ1n) is 6.27. The summed E-state index contributed by atoms with van der Waals surface area (Å²) in [4.78, 5) is 20.7. The maximum atomic E-state index is 11.6. The third-order valence-corrected chi connectivity index (χ3v) is 4.11. The summed E-state index contributed by atoms with van der Waals surface area (Å²) in [5.41, 5.74) is 7.35. The van der Waals surface area contributed by atoms with Crippen molar-refractivity contribution < 1.29 is 9.53 Å². The van der Waals surface area contributed by atoms with Gasteiger partial charge in [0.25, 0.3) is 5.91 Å². The fraction of sp³-hybridized carbons (Fsp3) is 0.0667. The Morgan fingerprint density at radius 1 is 1.33 bits per heavy atom. The molecule has 5 nitrogen and oxygen atoms in total. The highest BCUT2D eigenvalue weighted by Gasteiger charge is 2.17. The number of ether oxygens (including phenoxy) is 1. The molecule has 0 unspecified atom stereocenters. The number of hydrogen-bond donors (Lipinski definition) is 2. The summed E-state index contributed by atoms with van der Waals surface area (Å²) < 4.78 is 5.21. The largest absolute Gasteiger partial charge is 0.497 e. The highest BCUT2D eigenvalue weighted by atomic mass is 32.2. The number of carbonyl (C=O) groups is 1. The van der Waals surface area contributed by atoms with E-state index in [9.17, 15) is 4.79 Å². The van der Waals surface area contributed by atoms with Gasteiger partial charge in [0.05, 0.1) is 17.5 Å². The summed E-state index contributed by atoms with van der Waals surface area (Å²) in [6, 6.07) is 11.3. The zero-order valence-electron chi connectivity index (χ0n) is 11.3. The van der Waals surface area contributed by atoms with Gasteiger partial charge in [-0.3, -0.25) is 9.78 Å². The molecule has 1 amide bonds. The topological polar surface area (TPSA) is 81.0 Å². The number of pyridine rings is 1. The van der Waals surface area contributed by atoms with Crippen molar-refractivity contribution in [2.24, 2.45) is 5.73 Å². The maximum absolute atomic E-state index is 11.6. The smallest absolute Gasteiger partial charge is 0.266 e. The molecule has 2 aromatic heterocycles. The molecular weight excluding hydrogens is 286 g/mol. The Morgan fingerprint density at radius 2 is 2.19 bits per heavy atom. The molecule has 0 radical (unpaired) electrons. The van der Waals surface area contributed by atoms with Crippen LogP contribution in [-0.4, -0.2) is 23.0 Å². The summed E-state index contributed by atoms with van der Waals surface area (Å²) in [5, 5.41) is 0. The summed E-state index contributed by atoms with van der Waals surface area (Å²) in [6.07, 6.45) is 1.69. The Labute approximate surface area is 125 Å². The summed E-state index contributed by atoms with van der Waals surface area (Å²) in [6.45, 7) is 0. The van der Waals surface area contributed by atoms with E-state index < -0.39 is 5.91 Å². The highest BCUT2D eigenvalue weighted by Crippen LogP contribution is 2.36. The van der Waals surface area contributed by atoms with Crippen LogP contribution in [-0.2, 0) is 0 Å². The molecule has 0 saturated heterocycles.